The lowest BCUT2D eigenvalue weighted by atomic mass is 10.2. The van der Waals surface area contributed by atoms with Gasteiger partial charge in [-0.25, -0.2) is 8.42 Å². The van der Waals surface area contributed by atoms with E-state index in [1.165, 1.54) is 9.21 Å². The summed E-state index contributed by atoms with van der Waals surface area (Å²) >= 11 is 0. The molecule has 22 heavy (non-hydrogen) atoms. The molecule has 1 N–H and O–H groups in total. The number of anilines is 1. The van der Waals surface area contributed by atoms with Gasteiger partial charge in [0.25, 0.3) is 0 Å². The summed E-state index contributed by atoms with van der Waals surface area (Å²) in [7, 11) is -1.44. The Labute approximate surface area is 132 Å². The first-order valence-corrected chi connectivity index (χ1v) is 9.30. The molecule has 1 aliphatic heterocycles. The number of carbonyl (C=O) groups is 1. The molecule has 1 aliphatic rings. The van der Waals surface area contributed by atoms with E-state index in [0.717, 1.165) is 19.3 Å². The van der Waals surface area contributed by atoms with Gasteiger partial charge in [-0.05, 0) is 19.1 Å². The van der Waals surface area contributed by atoms with Gasteiger partial charge in [-0.2, -0.15) is 0 Å². The number of likely N-dealkylation sites (N-methyl/N-ethyl adjacent to an activating group) is 1. The number of hydrogen-bond donors (Lipinski definition) is 1. The van der Waals surface area contributed by atoms with Gasteiger partial charge in [0.2, 0.25) is 15.9 Å². The summed E-state index contributed by atoms with van der Waals surface area (Å²) in [6.07, 6.45) is 1.14. The minimum absolute atomic E-state index is 0.137. The molecule has 0 bridgehead atoms. The normalized spacial score (nSPS) is 18.0. The van der Waals surface area contributed by atoms with E-state index in [1.807, 2.05) is 6.07 Å². The van der Waals surface area contributed by atoms with E-state index in [0.29, 0.717) is 18.8 Å². The van der Waals surface area contributed by atoms with E-state index in [4.69, 9.17) is 0 Å². The van der Waals surface area contributed by atoms with Crippen molar-refractivity contribution in [2.24, 2.45) is 0 Å². The molecule has 1 amide bonds. The molecule has 122 valence electrons. The molecule has 7 heteroatoms. The van der Waals surface area contributed by atoms with Crippen LogP contribution in [0.2, 0.25) is 0 Å². The predicted octanol–water partition coefficient (Wildman–Crippen LogP) is -0.802. The second-order valence-electron chi connectivity index (χ2n) is 5.85. The third kappa shape index (κ3) is 3.78. The summed E-state index contributed by atoms with van der Waals surface area (Å²) in [6, 6.07) is 8.03. The van der Waals surface area contributed by atoms with Crippen LogP contribution in [0.5, 0.6) is 0 Å². The van der Waals surface area contributed by atoms with Crippen LogP contribution in [0.1, 0.15) is 6.92 Å². The highest BCUT2D eigenvalue weighted by Gasteiger charge is 2.33. The van der Waals surface area contributed by atoms with Crippen molar-refractivity contribution in [2.45, 2.75) is 13.0 Å². The fraction of sp³-hybridized carbons (Fsp3) is 0.533. The molecule has 1 aromatic carbocycles. The van der Waals surface area contributed by atoms with Crippen molar-refractivity contribution in [3.63, 3.8) is 0 Å². The highest BCUT2D eigenvalue weighted by Crippen LogP contribution is 2.21. The van der Waals surface area contributed by atoms with Gasteiger partial charge in [-0.15, -0.1) is 0 Å². The van der Waals surface area contributed by atoms with E-state index in [9.17, 15) is 13.2 Å². The largest absolute Gasteiger partial charge is 0.334 e. The maximum atomic E-state index is 12.7. The predicted molar refractivity (Wildman–Crippen MR) is 86.4 cm³/mol. The minimum atomic E-state index is -3.53. The minimum Gasteiger partial charge on any atom is -0.334 e. The van der Waals surface area contributed by atoms with Crippen LogP contribution in [0.15, 0.2) is 30.3 Å². The van der Waals surface area contributed by atoms with Crippen molar-refractivity contribution in [1.82, 2.24) is 4.90 Å². The van der Waals surface area contributed by atoms with Crippen molar-refractivity contribution in [1.29, 1.82) is 0 Å². The first-order chi connectivity index (χ1) is 10.3. The zero-order valence-electron chi connectivity index (χ0n) is 13.3. The van der Waals surface area contributed by atoms with E-state index >= 15 is 0 Å². The number of quaternary nitrogens is 1. The Morgan fingerprint density at radius 2 is 1.77 bits per heavy atom. The summed E-state index contributed by atoms with van der Waals surface area (Å²) in [4.78, 5) is 15.8. The lowest BCUT2D eigenvalue weighted by Gasteiger charge is -2.35. The summed E-state index contributed by atoms with van der Waals surface area (Å²) in [6.45, 7) is 4.77. The van der Waals surface area contributed by atoms with Crippen LogP contribution in [0, 0.1) is 0 Å². The van der Waals surface area contributed by atoms with E-state index < -0.39 is 16.1 Å². The van der Waals surface area contributed by atoms with Crippen molar-refractivity contribution in [3.8, 4) is 0 Å². The monoisotopic (exact) mass is 326 g/mol. The number of para-hydroxylation sites is 1. The Balaban J connectivity index is 2.23. The van der Waals surface area contributed by atoms with Crippen LogP contribution in [-0.4, -0.2) is 64.7 Å². The number of nitrogens with zero attached hydrogens (tertiary/aromatic N) is 2. The van der Waals surface area contributed by atoms with Crippen LogP contribution < -0.4 is 9.21 Å². The summed E-state index contributed by atoms with van der Waals surface area (Å²) < 4.78 is 25.5. The second-order valence-corrected chi connectivity index (χ2v) is 7.71. The number of nitrogens with one attached hydrogen (secondary N) is 1. The van der Waals surface area contributed by atoms with Crippen molar-refractivity contribution in [2.75, 3.05) is 43.8 Å². The number of sulfonamides is 1. The number of benzene rings is 1. The summed E-state index contributed by atoms with van der Waals surface area (Å²) in [5.74, 6) is -0.137. The maximum absolute atomic E-state index is 12.7. The first-order valence-electron chi connectivity index (χ1n) is 7.45. The molecule has 1 saturated heterocycles. The van der Waals surface area contributed by atoms with E-state index in [1.54, 1.807) is 36.1 Å². The van der Waals surface area contributed by atoms with Crippen LogP contribution in [0.3, 0.4) is 0 Å². The van der Waals surface area contributed by atoms with Gasteiger partial charge in [0.15, 0.2) is 0 Å². The molecule has 1 atom stereocenters. The molecule has 1 heterocycles. The Morgan fingerprint density at radius 1 is 1.23 bits per heavy atom. The average Bonchev–Trinajstić information content (AvgIpc) is 2.47. The number of amides is 1. The molecule has 0 spiro atoms. The van der Waals surface area contributed by atoms with Gasteiger partial charge in [0.05, 0.1) is 45.2 Å². The molecule has 0 radical (unpaired) electrons. The molecule has 0 unspecified atom stereocenters. The van der Waals surface area contributed by atoms with Crippen molar-refractivity contribution < 1.29 is 18.1 Å². The van der Waals surface area contributed by atoms with Gasteiger partial charge < -0.3 is 9.80 Å². The zero-order valence-corrected chi connectivity index (χ0v) is 14.1. The third-order valence-electron chi connectivity index (χ3n) is 4.01. The highest BCUT2D eigenvalue weighted by molar-refractivity contribution is 7.92. The molecule has 6 nitrogen and oxygen atoms in total. The molecule has 1 aromatic rings. The molecule has 0 saturated carbocycles. The smallest absolute Gasteiger partial charge is 0.246 e. The van der Waals surface area contributed by atoms with Gasteiger partial charge in [-0.3, -0.25) is 9.10 Å². The zero-order chi connectivity index (χ0) is 16.3. The lowest BCUT2D eigenvalue weighted by molar-refractivity contribution is -0.883. The highest BCUT2D eigenvalue weighted by atomic mass is 32.2. The van der Waals surface area contributed by atoms with Gasteiger partial charge in [0.1, 0.15) is 6.04 Å². The number of piperazine rings is 1. The standard InChI is InChI=1S/C15H23N3O3S/c1-13(15(19)17-11-9-16(2)10-12-17)18(22(3,20)21)14-7-5-4-6-8-14/h4-8,13H,9-12H2,1-3H3/p+1/t13-/m0/s1. The Hall–Kier alpha value is -1.60. The van der Waals surface area contributed by atoms with Crippen LogP contribution in [-0.2, 0) is 14.8 Å². The molecule has 0 aromatic heterocycles. The van der Waals surface area contributed by atoms with E-state index in [2.05, 4.69) is 7.05 Å². The number of hydrogen-bond acceptors (Lipinski definition) is 3. The lowest BCUT2D eigenvalue weighted by Crippen LogP contribution is -3.12. The first kappa shape index (κ1) is 16.8. The Bertz CT molecular complexity index is 610. The Kier molecular flexibility index (Phi) is 5.08. The quantitative estimate of drug-likeness (QED) is 0.788. The van der Waals surface area contributed by atoms with Gasteiger partial charge in [-0.1, -0.05) is 18.2 Å². The molecular formula is C15H24N3O3S+. The third-order valence-corrected chi connectivity index (χ3v) is 5.25. The average molecular weight is 326 g/mol. The molecular weight excluding hydrogens is 302 g/mol. The molecule has 0 aliphatic carbocycles. The van der Waals surface area contributed by atoms with Crippen molar-refractivity contribution >= 4 is 21.6 Å². The van der Waals surface area contributed by atoms with Gasteiger partial charge in [0, 0.05) is 0 Å². The van der Waals surface area contributed by atoms with Crippen LogP contribution in [0.25, 0.3) is 0 Å². The van der Waals surface area contributed by atoms with Gasteiger partial charge >= 0.3 is 0 Å². The van der Waals surface area contributed by atoms with Crippen LogP contribution >= 0.6 is 0 Å². The number of rotatable bonds is 4. The van der Waals surface area contributed by atoms with Crippen LogP contribution in [0.4, 0.5) is 5.69 Å². The fourth-order valence-corrected chi connectivity index (χ4v) is 3.92. The maximum Gasteiger partial charge on any atom is 0.246 e. The summed E-state index contributed by atoms with van der Waals surface area (Å²) in [5, 5.41) is 0. The molecule has 1 fully saturated rings. The topological polar surface area (TPSA) is 62.1 Å². The second kappa shape index (κ2) is 6.66. The summed E-state index contributed by atoms with van der Waals surface area (Å²) in [5.41, 5.74) is 0.519. The molecule has 2 rings (SSSR count). The Morgan fingerprint density at radius 3 is 2.27 bits per heavy atom. The SMILES string of the molecule is C[C@@H](C(=O)N1CC[NH+](C)CC1)N(c1ccccc1)S(C)(=O)=O. The van der Waals surface area contributed by atoms with Crippen molar-refractivity contribution in [3.05, 3.63) is 30.3 Å². The fourth-order valence-electron chi connectivity index (χ4n) is 2.75. The van der Waals surface area contributed by atoms with E-state index in [-0.39, 0.29) is 5.91 Å². The number of carbonyl (C=O) groups excluding carboxylic acids is 1.